The Labute approximate surface area is 89.6 Å². The summed E-state index contributed by atoms with van der Waals surface area (Å²) in [5.74, 6) is -0.163. The Bertz CT molecular complexity index is 369. The molecule has 0 N–H and O–H groups in total. The fraction of sp³-hybridized carbons (Fsp3) is 0.308. The molecule has 0 aromatic heterocycles. The Hall–Kier alpha value is -1.44. The molecule has 0 heterocycles. The lowest BCUT2D eigenvalue weighted by Crippen LogP contribution is -2.02. The number of Topliss-reactive ketones (excluding diaryl/α,β-unsaturated/α-hetero) is 1. The van der Waals surface area contributed by atoms with Crippen LogP contribution in [0.3, 0.4) is 0 Å². The summed E-state index contributed by atoms with van der Waals surface area (Å²) in [6, 6.07) is 6.17. The van der Waals surface area contributed by atoms with Crippen molar-refractivity contribution in [2.75, 3.05) is 0 Å². The fourth-order valence-electron chi connectivity index (χ4n) is 1.32. The first-order chi connectivity index (χ1) is 7.08. The van der Waals surface area contributed by atoms with Crippen molar-refractivity contribution in [2.45, 2.75) is 26.2 Å². The zero-order chi connectivity index (χ0) is 11.3. The van der Waals surface area contributed by atoms with Crippen LogP contribution in [0.15, 0.2) is 36.4 Å². The molecule has 0 fully saturated rings. The van der Waals surface area contributed by atoms with E-state index in [2.05, 4.69) is 6.58 Å². The van der Waals surface area contributed by atoms with Gasteiger partial charge in [-0.2, -0.15) is 0 Å². The molecular formula is C13H15FO. The molecule has 2 heteroatoms. The number of benzene rings is 1. The molecule has 0 aliphatic heterocycles. The molecule has 15 heavy (non-hydrogen) atoms. The molecule has 1 aromatic carbocycles. The predicted molar refractivity (Wildman–Crippen MR) is 59.2 cm³/mol. The highest BCUT2D eigenvalue weighted by Gasteiger charge is 2.04. The van der Waals surface area contributed by atoms with Crippen LogP contribution in [0.1, 0.15) is 25.3 Å². The number of halogens is 1. The van der Waals surface area contributed by atoms with Crippen LogP contribution in [0.25, 0.3) is 0 Å². The van der Waals surface area contributed by atoms with E-state index in [-0.39, 0.29) is 11.6 Å². The monoisotopic (exact) mass is 206 g/mol. The van der Waals surface area contributed by atoms with E-state index in [0.717, 1.165) is 11.1 Å². The third kappa shape index (κ3) is 4.54. The summed E-state index contributed by atoms with van der Waals surface area (Å²) >= 11 is 0. The quantitative estimate of drug-likeness (QED) is 0.675. The average Bonchev–Trinajstić information content (AvgIpc) is 2.15. The molecule has 0 unspecified atom stereocenters. The van der Waals surface area contributed by atoms with Gasteiger partial charge in [-0.05, 0) is 31.0 Å². The molecule has 0 amide bonds. The van der Waals surface area contributed by atoms with Gasteiger partial charge in [0, 0.05) is 12.8 Å². The number of allylic oxidation sites excluding steroid dienone is 1. The Kier molecular flexibility index (Phi) is 4.22. The van der Waals surface area contributed by atoms with Gasteiger partial charge in [-0.3, -0.25) is 4.79 Å². The fourth-order valence-corrected chi connectivity index (χ4v) is 1.32. The maximum atomic E-state index is 12.8. The third-order valence-electron chi connectivity index (χ3n) is 2.12. The van der Waals surface area contributed by atoms with Crippen LogP contribution >= 0.6 is 0 Å². The highest BCUT2D eigenvalue weighted by Crippen LogP contribution is 2.08. The van der Waals surface area contributed by atoms with Crippen LogP contribution in [0.4, 0.5) is 4.39 Å². The Morgan fingerprint density at radius 3 is 2.73 bits per heavy atom. The van der Waals surface area contributed by atoms with Crippen molar-refractivity contribution < 1.29 is 9.18 Å². The number of carbonyl (C=O) groups excluding carboxylic acids is 1. The molecule has 0 saturated carbocycles. The van der Waals surface area contributed by atoms with Gasteiger partial charge in [0.2, 0.25) is 0 Å². The molecule has 0 aliphatic rings. The second-order valence-corrected chi connectivity index (χ2v) is 3.80. The number of hydrogen-bond acceptors (Lipinski definition) is 1. The molecule has 1 nitrogen and oxygen atoms in total. The van der Waals surface area contributed by atoms with Gasteiger partial charge < -0.3 is 0 Å². The molecule has 80 valence electrons. The van der Waals surface area contributed by atoms with Crippen LogP contribution in [0.2, 0.25) is 0 Å². The van der Waals surface area contributed by atoms with Crippen molar-refractivity contribution in [2.24, 2.45) is 0 Å². The summed E-state index contributed by atoms with van der Waals surface area (Å²) in [6.07, 6.45) is 1.52. The SMILES string of the molecule is C=C(C)CCC(=O)Cc1cccc(F)c1. The maximum Gasteiger partial charge on any atom is 0.137 e. The Balaban J connectivity index is 2.48. The van der Waals surface area contributed by atoms with Gasteiger partial charge in [-0.25, -0.2) is 4.39 Å². The minimum absolute atomic E-state index is 0.128. The lowest BCUT2D eigenvalue weighted by atomic mass is 10.0. The first-order valence-electron chi connectivity index (χ1n) is 4.98. The van der Waals surface area contributed by atoms with Crippen molar-refractivity contribution in [3.05, 3.63) is 47.8 Å². The van der Waals surface area contributed by atoms with E-state index < -0.39 is 0 Å². The van der Waals surface area contributed by atoms with Gasteiger partial charge in [-0.15, -0.1) is 6.58 Å². The Morgan fingerprint density at radius 1 is 1.40 bits per heavy atom. The zero-order valence-corrected chi connectivity index (χ0v) is 8.92. The molecule has 1 aromatic rings. The van der Waals surface area contributed by atoms with E-state index in [1.165, 1.54) is 12.1 Å². The van der Waals surface area contributed by atoms with Crippen molar-refractivity contribution in [1.29, 1.82) is 0 Å². The number of rotatable bonds is 5. The molecule has 0 spiro atoms. The van der Waals surface area contributed by atoms with Crippen molar-refractivity contribution in [3.8, 4) is 0 Å². The second-order valence-electron chi connectivity index (χ2n) is 3.80. The summed E-state index contributed by atoms with van der Waals surface area (Å²) in [6.45, 7) is 5.63. The average molecular weight is 206 g/mol. The van der Waals surface area contributed by atoms with Gasteiger partial charge in [-0.1, -0.05) is 17.7 Å². The molecule has 0 atom stereocenters. The van der Waals surface area contributed by atoms with Gasteiger partial charge >= 0.3 is 0 Å². The topological polar surface area (TPSA) is 17.1 Å². The van der Waals surface area contributed by atoms with Crippen LogP contribution in [-0.2, 0) is 11.2 Å². The van der Waals surface area contributed by atoms with Crippen molar-refractivity contribution in [3.63, 3.8) is 0 Å². The smallest absolute Gasteiger partial charge is 0.137 e. The van der Waals surface area contributed by atoms with Gasteiger partial charge in [0.1, 0.15) is 11.6 Å². The van der Waals surface area contributed by atoms with Crippen LogP contribution in [-0.4, -0.2) is 5.78 Å². The minimum atomic E-state index is -0.291. The van der Waals surface area contributed by atoms with Gasteiger partial charge in [0.05, 0.1) is 0 Å². The molecule has 0 aliphatic carbocycles. The molecule has 0 radical (unpaired) electrons. The molecule has 0 saturated heterocycles. The summed E-state index contributed by atoms with van der Waals surface area (Å²) in [5.41, 5.74) is 1.74. The summed E-state index contributed by atoms with van der Waals surface area (Å²) in [7, 11) is 0. The van der Waals surface area contributed by atoms with Gasteiger partial charge in [0.25, 0.3) is 0 Å². The maximum absolute atomic E-state index is 12.8. The summed E-state index contributed by atoms with van der Waals surface area (Å²) < 4.78 is 12.8. The zero-order valence-electron chi connectivity index (χ0n) is 8.92. The summed E-state index contributed by atoms with van der Waals surface area (Å²) in [5, 5.41) is 0. The predicted octanol–water partition coefficient (Wildman–Crippen LogP) is 3.29. The number of carbonyl (C=O) groups is 1. The lowest BCUT2D eigenvalue weighted by Gasteiger charge is -2.01. The van der Waals surface area contributed by atoms with E-state index in [1.54, 1.807) is 12.1 Å². The standard InChI is InChI=1S/C13H15FO/c1-10(2)6-7-13(15)9-11-4-3-5-12(14)8-11/h3-5,8H,1,6-7,9H2,2H3. The van der Waals surface area contributed by atoms with Crippen molar-refractivity contribution >= 4 is 5.78 Å². The Morgan fingerprint density at radius 2 is 2.13 bits per heavy atom. The van der Waals surface area contributed by atoms with Crippen LogP contribution < -0.4 is 0 Å². The van der Waals surface area contributed by atoms with E-state index >= 15 is 0 Å². The lowest BCUT2D eigenvalue weighted by molar-refractivity contribution is -0.118. The van der Waals surface area contributed by atoms with Crippen LogP contribution in [0, 0.1) is 5.82 Å². The first-order valence-corrected chi connectivity index (χ1v) is 4.98. The van der Waals surface area contributed by atoms with Crippen LogP contribution in [0.5, 0.6) is 0 Å². The molecule has 0 bridgehead atoms. The highest BCUT2D eigenvalue weighted by molar-refractivity contribution is 5.81. The largest absolute Gasteiger partial charge is 0.299 e. The van der Waals surface area contributed by atoms with E-state index in [9.17, 15) is 9.18 Å². The first kappa shape index (κ1) is 11.6. The van der Waals surface area contributed by atoms with Gasteiger partial charge in [0.15, 0.2) is 0 Å². The van der Waals surface area contributed by atoms with Crippen molar-refractivity contribution in [1.82, 2.24) is 0 Å². The molecule has 1 rings (SSSR count). The van der Waals surface area contributed by atoms with E-state index in [0.29, 0.717) is 19.3 Å². The molecular weight excluding hydrogens is 191 g/mol. The number of hydrogen-bond donors (Lipinski definition) is 0. The third-order valence-corrected chi connectivity index (χ3v) is 2.12. The highest BCUT2D eigenvalue weighted by atomic mass is 19.1. The summed E-state index contributed by atoms with van der Waals surface area (Å²) in [4.78, 5) is 11.5. The minimum Gasteiger partial charge on any atom is -0.299 e. The van der Waals surface area contributed by atoms with E-state index in [1.807, 2.05) is 6.92 Å². The van der Waals surface area contributed by atoms with E-state index in [4.69, 9.17) is 0 Å². The normalized spacial score (nSPS) is 10.0. The second kappa shape index (κ2) is 5.44. The number of ketones is 1.